The van der Waals surface area contributed by atoms with Crippen LogP contribution >= 0.6 is 11.6 Å². The van der Waals surface area contributed by atoms with Gasteiger partial charge in [0.1, 0.15) is 24.6 Å². The van der Waals surface area contributed by atoms with Crippen molar-refractivity contribution in [1.29, 1.82) is 0 Å². The number of halogens is 3. The monoisotopic (exact) mass is 504 g/mol. The van der Waals surface area contributed by atoms with E-state index in [2.05, 4.69) is 10.3 Å². The lowest BCUT2D eigenvalue weighted by atomic mass is 10.0. The topological polar surface area (TPSA) is 96.7 Å². The van der Waals surface area contributed by atoms with Crippen LogP contribution in [0.25, 0.3) is 0 Å². The second-order valence-corrected chi connectivity index (χ2v) is 9.20. The first kappa shape index (κ1) is 24.6. The van der Waals surface area contributed by atoms with Crippen LogP contribution in [-0.2, 0) is 17.9 Å². The summed E-state index contributed by atoms with van der Waals surface area (Å²) in [5.74, 6) is -1.85. The van der Waals surface area contributed by atoms with Gasteiger partial charge in [-0.25, -0.2) is 13.8 Å². The largest absolute Gasteiger partial charge is 0.471 e. The van der Waals surface area contributed by atoms with Crippen LogP contribution in [0.1, 0.15) is 31.4 Å². The van der Waals surface area contributed by atoms with E-state index in [1.165, 1.54) is 17.0 Å². The third kappa shape index (κ3) is 5.60. The number of hydrogen-bond acceptors (Lipinski definition) is 6. The van der Waals surface area contributed by atoms with E-state index in [0.717, 1.165) is 23.4 Å². The molecule has 0 bridgehead atoms. The first-order valence-electron chi connectivity index (χ1n) is 10.7. The fourth-order valence-electron chi connectivity index (χ4n) is 3.64. The fraction of sp³-hybridized carbons (Fsp3) is 0.292. The number of benzene rings is 2. The van der Waals surface area contributed by atoms with Gasteiger partial charge in [0, 0.05) is 11.6 Å². The van der Waals surface area contributed by atoms with Crippen LogP contribution in [0.5, 0.6) is 5.88 Å². The Morgan fingerprint density at radius 2 is 2.03 bits per heavy atom. The Balaban J connectivity index is 1.47. The lowest BCUT2D eigenvalue weighted by Gasteiger charge is -2.22. The molecule has 1 aliphatic heterocycles. The molecule has 2 N–H and O–H groups in total. The molecule has 0 saturated carbocycles. The summed E-state index contributed by atoms with van der Waals surface area (Å²) >= 11 is 6.14. The first-order chi connectivity index (χ1) is 16.5. The zero-order chi connectivity index (χ0) is 25.3. The Morgan fingerprint density at radius 1 is 1.26 bits per heavy atom. The number of fused-ring (bicyclic) bond motifs is 1. The van der Waals surface area contributed by atoms with Crippen LogP contribution in [0.15, 0.2) is 47.5 Å². The van der Waals surface area contributed by atoms with E-state index >= 15 is 0 Å². The maximum absolute atomic E-state index is 13.8. The van der Waals surface area contributed by atoms with Crippen molar-refractivity contribution in [1.82, 2.24) is 9.55 Å². The van der Waals surface area contributed by atoms with Gasteiger partial charge in [-0.15, -0.1) is 0 Å². The van der Waals surface area contributed by atoms with E-state index in [1.54, 1.807) is 30.9 Å². The number of hydrogen-bond donors (Lipinski definition) is 2. The highest BCUT2D eigenvalue weighted by molar-refractivity contribution is 6.31. The van der Waals surface area contributed by atoms with Crippen LogP contribution in [0, 0.1) is 11.6 Å². The smallest absolute Gasteiger partial charge is 0.276 e. The summed E-state index contributed by atoms with van der Waals surface area (Å²) in [6, 6.07) is 8.43. The lowest BCUT2D eigenvalue weighted by molar-refractivity contribution is -0.122. The van der Waals surface area contributed by atoms with Crippen LogP contribution in [-0.4, -0.2) is 32.8 Å². The van der Waals surface area contributed by atoms with Gasteiger partial charge in [-0.3, -0.25) is 19.1 Å². The van der Waals surface area contributed by atoms with Crippen molar-refractivity contribution in [3.05, 3.63) is 80.9 Å². The van der Waals surface area contributed by atoms with Crippen LogP contribution in [0.3, 0.4) is 0 Å². The molecule has 0 atom stereocenters. The average Bonchev–Trinajstić information content (AvgIpc) is 3.20. The van der Waals surface area contributed by atoms with Gasteiger partial charge in [-0.1, -0.05) is 17.7 Å². The van der Waals surface area contributed by atoms with Crippen molar-refractivity contribution in [2.45, 2.75) is 39.0 Å². The highest BCUT2D eigenvalue weighted by atomic mass is 35.5. The molecule has 1 aromatic heterocycles. The SMILES string of the molecule is CC(C)(O)CC(=O)N1CNc2cc(Cn3cnc(OCc4ccc(F)cc4F)c(Cl)c3=O)ccc21. The first-order valence-corrected chi connectivity index (χ1v) is 11.1. The molecule has 184 valence electrons. The molecule has 0 spiro atoms. The Hall–Kier alpha value is -3.50. The minimum absolute atomic E-state index is 0.0162. The average molecular weight is 505 g/mol. The highest BCUT2D eigenvalue weighted by Gasteiger charge is 2.28. The molecule has 35 heavy (non-hydrogen) atoms. The summed E-state index contributed by atoms with van der Waals surface area (Å²) in [5, 5.41) is 12.8. The van der Waals surface area contributed by atoms with Crippen molar-refractivity contribution in [3.8, 4) is 5.88 Å². The third-order valence-electron chi connectivity index (χ3n) is 5.35. The molecule has 0 saturated heterocycles. The summed E-state index contributed by atoms with van der Waals surface area (Å²) in [6.45, 7) is 3.31. The molecule has 2 heterocycles. The summed E-state index contributed by atoms with van der Waals surface area (Å²) in [5.41, 5.74) is 0.593. The standard InChI is InChI=1S/C24H23ClF2N4O4/c1-24(2,34)9-20(32)31-13-28-18-7-14(3-6-19(18)31)10-30-12-29-22(21(25)23(30)33)35-11-15-4-5-16(26)8-17(15)27/h3-8,12,28,34H,9-11,13H2,1-2H3. The van der Waals surface area contributed by atoms with Crippen LogP contribution in [0.4, 0.5) is 20.2 Å². The zero-order valence-corrected chi connectivity index (χ0v) is 19.8. The van der Waals surface area contributed by atoms with Crippen LogP contribution in [0.2, 0.25) is 5.02 Å². The molecule has 1 aliphatic rings. The number of carbonyl (C=O) groups is 1. The Bertz CT molecular complexity index is 1340. The number of anilines is 2. The number of nitrogens with one attached hydrogen (secondary N) is 1. The number of amides is 1. The lowest BCUT2D eigenvalue weighted by Crippen LogP contribution is -2.36. The van der Waals surface area contributed by atoms with E-state index in [0.29, 0.717) is 5.69 Å². The van der Waals surface area contributed by atoms with Crippen molar-refractivity contribution in [2.24, 2.45) is 0 Å². The van der Waals surface area contributed by atoms with Gasteiger partial charge < -0.3 is 15.2 Å². The van der Waals surface area contributed by atoms with Crippen molar-refractivity contribution in [3.63, 3.8) is 0 Å². The number of carbonyl (C=O) groups excluding carboxylic acids is 1. The second kappa shape index (κ2) is 9.63. The van der Waals surface area contributed by atoms with E-state index < -0.39 is 22.8 Å². The number of rotatable bonds is 7. The van der Waals surface area contributed by atoms with Gasteiger partial charge in [0.25, 0.3) is 5.56 Å². The second-order valence-electron chi connectivity index (χ2n) is 8.82. The molecular formula is C24H23ClF2N4O4. The summed E-state index contributed by atoms with van der Waals surface area (Å²) < 4.78 is 33.5. The molecule has 1 amide bonds. The summed E-state index contributed by atoms with van der Waals surface area (Å²) in [4.78, 5) is 30.8. The molecule has 0 aliphatic carbocycles. The Labute approximate surface area is 204 Å². The van der Waals surface area contributed by atoms with Gasteiger partial charge in [0.2, 0.25) is 11.8 Å². The molecular weight excluding hydrogens is 482 g/mol. The highest BCUT2D eigenvalue weighted by Crippen LogP contribution is 2.33. The van der Waals surface area contributed by atoms with Gasteiger partial charge >= 0.3 is 0 Å². The van der Waals surface area contributed by atoms with Crippen molar-refractivity contribution in [2.75, 3.05) is 16.9 Å². The van der Waals surface area contributed by atoms with Crippen molar-refractivity contribution < 1.29 is 23.4 Å². The van der Waals surface area contributed by atoms with E-state index in [1.807, 2.05) is 6.07 Å². The summed E-state index contributed by atoms with van der Waals surface area (Å²) in [7, 11) is 0. The van der Waals surface area contributed by atoms with Gasteiger partial charge in [-0.05, 0) is 43.7 Å². The maximum atomic E-state index is 13.8. The molecule has 8 nitrogen and oxygen atoms in total. The number of aliphatic hydroxyl groups is 1. The van der Waals surface area contributed by atoms with Gasteiger partial charge in [0.05, 0.1) is 36.6 Å². The molecule has 4 rings (SSSR count). The van der Waals surface area contributed by atoms with Crippen molar-refractivity contribution >= 4 is 28.9 Å². The Morgan fingerprint density at radius 3 is 2.74 bits per heavy atom. The van der Waals surface area contributed by atoms with Gasteiger partial charge in [0.15, 0.2) is 5.02 Å². The third-order valence-corrected chi connectivity index (χ3v) is 5.67. The zero-order valence-electron chi connectivity index (χ0n) is 19.0. The predicted molar refractivity (Wildman–Crippen MR) is 127 cm³/mol. The minimum atomic E-state index is -1.11. The molecule has 3 aromatic rings. The Kier molecular flexibility index (Phi) is 6.77. The summed E-state index contributed by atoms with van der Waals surface area (Å²) in [6.07, 6.45) is 1.25. The van der Waals surface area contributed by atoms with E-state index in [-0.39, 0.29) is 48.6 Å². The van der Waals surface area contributed by atoms with E-state index in [9.17, 15) is 23.5 Å². The quantitative estimate of drug-likeness (QED) is 0.509. The molecule has 0 unspecified atom stereocenters. The van der Waals surface area contributed by atoms with E-state index in [4.69, 9.17) is 16.3 Å². The minimum Gasteiger partial charge on any atom is -0.471 e. The molecule has 0 fully saturated rings. The fourth-order valence-corrected chi connectivity index (χ4v) is 3.85. The number of aromatic nitrogens is 2. The maximum Gasteiger partial charge on any atom is 0.276 e. The molecule has 2 aromatic carbocycles. The van der Waals surface area contributed by atoms with Crippen LogP contribution < -0.4 is 20.5 Å². The normalized spacial score (nSPS) is 12.9. The van der Waals surface area contributed by atoms with Gasteiger partial charge in [-0.2, -0.15) is 0 Å². The predicted octanol–water partition coefficient (Wildman–Crippen LogP) is 3.68. The number of ether oxygens (including phenoxy) is 1. The molecule has 0 radical (unpaired) electrons. The number of nitrogens with zero attached hydrogens (tertiary/aromatic N) is 3. The molecule has 11 heteroatoms.